The number of aromatic nitrogens is 2. The van der Waals surface area contributed by atoms with E-state index in [-0.39, 0.29) is 12.1 Å². The second-order valence-corrected chi connectivity index (χ2v) is 8.28. The van der Waals surface area contributed by atoms with Crippen LogP contribution in [0.4, 0.5) is 0 Å². The summed E-state index contributed by atoms with van der Waals surface area (Å²) in [5, 5.41) is 5.00. The number of hydrogen-bond acceptors (Lipinski definition) is 2. The van der Waals surface area contributed by atoms with Gasteiger partial charge in [0.1, 0.15) is 0 Å². The summed E-state index contributed by atoms with van der Waals surface area (Å²) in [4.78, 5) is 6.89. The molecule has 3 heterocycles. The predicted molar refractivity (Wildman–Crippen MR) is 118 cm³/mol. The highest BCUT2D eigenvalue weighted by Gasteiger charge is 2.41. The molecule has 1 N–H and O–H groups in total. The van der Waals surface area contributed by atoms with Gasteiger partial charge in [0, 0.05) is 35.3 Å². The normalized spacial score (nSPS) is 19.3. The Morgan fingerprint density at radius 2 is 2.00 bits per heavy atom. The van der Waals surface area contributed by atoms with Crippen molar-refractivity contribution in [2.75, 3.05) is 6.54 Å². The van der Waals surface area contributed by atoms with Crippen molar-refractivity contribution in [2.45, 2.75) is 25.9 Å². The molecule has 4 nitrogen and oxygen atoms in total. The summed E-state index contributed by atoms with van der Waals surface area (Å²) in [6.45, 7) is 5.30. The molecular weight excluding hydrogens is 388 g/mol. The van der Waals surface area contributed by atoms with Crippen LogP contribution in [-0.2, 0) is 0 Å². The van der Waals surface area contributed by atoms with Gasteiger partial charge in [0.2, 0.25) is 0 Å². The van der Waals surface area contributed by atoms with Gasteiger partial charge in [0.15, 0.2) is 5.11 Å². The van der Waals surface area contributed by atoms with Gasteiger partial charge in [0.25, 0.3) is 0 Å². The van der Waals surface area contributed by atoms with Crippen molar-refractivity contribution in [3.05, 3.63) is 83.4 Å². The van der Waals surface area contributed by atoms with Crippen LogP contribution < -0.4 is 5.32 Å². The van der Waals surface area contributed by atoms with Gasteiger partial charge in [0.05, 0.1) is 17.8 Å². The Morgan fingerprint density at radius 3 is 2.71 bits per heavy atom. The molecule has 6 heteroatoms. The van der Waals surface area contributed by atoms with Crippen LogP contribution >= 0.6 is 23.8 Å². The quantitative estimate of drug-likeness (QED) is 0.589. The van der Waals surface area contributed by atoms with Gasteiger partial charge in [-0.2, -0.15) is 0 Å². The molecule has 1 saturated heterocycles. The monoisotopic (exact) mass is 410 g/mol. The lowest BCUT2D eigenvalue weighted by atomic mass is 10.0. The second kappa shape index (κ2) is 7.94. The molecule has 1 fully saturated rings. The first-order chi connectivity index (χ1) is 13.5. The lowest BCUT2D eigenvalue weighted by Gasteiger charge is -2.30. The molecule has 1 aliphatic rings. The fraction of sp³-hybridized carbons (Fsp3) is 0.273. The van der Waals surface area contributed by atoms with Crippen LogP contribution in [-0.4, -0.2) is 26.1 Å². The molecule has 0 saturated carbocycles. The van der Waals surface area contributed by atoms with E-state index < -0.39 is 0 Å². The zero-order valence-corrected chi connectivity index (χ0v) is 17.5. The fourth-order valence-electron chi connectivity index (χ4n) is 3.81. The van der Waals surface area contributed by atoms with Crippen molar-refractivity contribution < 1.29 is 0 Å². The van der Waals surface area contributed by atoms with Crippen molar-refractivity contribution in [2.24, 2.45) is 5.92 Å². The van der Waals surface area contributed by atoms with Crippen LogP contribution in [0.15, 0.2) is 67.0 Å². The molecule has 0 amide bonds. The summed E-state index contributed by atoms with van der Waals surface area (Å²) < 4.78 is 2.19. The van der Waals surface area contributed by atoms with Gasteiger partial charge < -0.3 is 14.8 Å². The molecule has 1 aromatic carbocycles. The highest BCUT2D eigenvalue weighted by atomic mass is 35.5. The molecule has 0 bridgehead atoms. The van der Waals surface area contributed by atoms with Crippen LogP contribution in [0, 0.1) is 5.92 Å². The molecule has 144 valence electrons. The molecule has 0 radical (unpaired) electrons. The van der Waals surface area contributed by atoms with Gasteiger partial charge in [-0.1, -0.05) is 37.6 Å². The van der Waals surface area contributed by atoms with Crippen LogP contribution in [0.1, 0.15) is 37.3 Å². The fourth-order valence-corrected chi connectivity index (χ4v) is 4.31. The average molecular weight is 411 g/mol. The van der Waals surface area contributed by atoms with Gasteiger partial charge >= 0.3 is 0 Å². The number of thiocarbonyl (C=S) groups is 1. The first-order valence-electron chi connectivity index (χ1n) is 9.46. The van der Waals surface area contributed by atoms with Crippen molar-refractivity contribution in [3.8, 4) is 5.69 Å². The van der Waals surface area contributed by atoms with E-state index in [1.165, 1.54) is 0 Å². The van der Waals surface area contributed by atoms with Crippen LogP contribution in [0.3, 0.4) is 0 Å². The van der Waals surface area contributed by atoms with Crippen molar-refractivity contribution in [1.82, 2.24) is 19.8 Å². The van der Waals surface area contributed by atoms with Crippen LogP contribution in [0.25, 0.3) is 5.69 Å². The Kier molecular flexibility index (Phi) is 5.38. The van der Waals surface area contributed by atoms with Gasteiger partial charge in [-0.15, -0.1) is 0 Å². The molecule has 2 aromatic heterocycles. The largest absolute Gasteiger partial charge is 0.352 e. The molecule has 2 atom stereocenters. The number of nitrogens with one attached hydrogen (secondary N) is 1. The Labute approximate surface area is 176 Å². The van der Waals surface area contributed by atoms with E-state index in [1.807, 2.05) is 36.5 Å². The summed E-state index contributed by atoms with van der Waals surface area (Å²) in [6.07, 6.45) is 3.91. The van der Waals surface area contributed by atoms with E-state index in [1.54, 1.807) is 0 Å². The molecule has 3 aromatic rings. The minimum Gasteiger partial charge on any atom is -0.352 e. The maximum atomic E-state index is 6.25. The number of rotatable bonds is 5. The Hall–Kier alpha value is -2.37. The Balaban J connectivity index is 1.81. The number of nitrogens with zero attached hydrogens (tertiary/aromatic N) is 3. The van der Waals surface area contributed by atoms with E-state index >= 15 is 0 Å². The number of halogens is 1. The van der Waals surface area contributed by atoms with Gasteiger partial charge in [-0.25, -0.2) is 0 Å². The molecule has 4 rings (SSSR count). The smallest absolute Gasteiger partial charge is 0.170 e. The lowest BCUT2D eigenvalue weighted by molar-refractivity contribution is 0.280. The third kappa shape index (κ3) is 3.64. The minimum absolute atomic E-state index is 0.0136. The summed E-state index contributed by atoms with van der Waals surface area (Å²) in [7, 11) is 0. The highest BCUT2D eigenvalue weighted by molar-refractivity contribution is 7.80. The van der Waals surface area contributed by atoms with Crippen LogP contribution in [0.2, 0.25) is 5.02 Å². The Morgan fingerprint density at radius 1 is 1.14 bits per heavy atom. The van der Waals surface area contributed by atoms with Crippen molar-refractivity contribution in [1.29, 1.82) is 0 Å². The van der Waals surface area contributed by atoms with Crippen molar-refractivity contribution in [3.63, 3.8) is 0 Å². The molecule has 0 aliphatic carbocycles. The third-order valence-electron chi connectivity index (χ3n) is 4.93. The molecular formula is C22H23ClN4S. The second-order valence-electron chi connectivity index (χ2n) is 7.46. The summed E-state index contributed by atoms with van der Waals surface area (Å²) >= 11 is 12.0. The number of benzene rings is 1. The SMILES string of the molecule is CC(C)CN1C(=S)N[C@H](c2ccccn2)[C@H]1c1cccn1-c1cccc(Cl)c1. The average Bonchev–Trinajstić information content (AvgIpc) is 3.27. The van der Waals surface area contributed by atoms with Crippen molar-refractivity contribution >= 4 is 28.9 Å². The predicted octanol–water partition coefficient (Wildman–Crippen LogP) is 5.15. The lowest BCUT2D eigenvalue weighted by Crippen LogP contribution is -2.33. The molecule has 1 aliphatic heterocycles. The van der Waals surface area contributed by atoms with Gasteiger partial charge in [-0.05, 0) is 60.6 Å². The molecule has 0 spiro atoms. The van der Waals surface area contributed by atoms with Crippen LogP contribution in [0.5, 0.6) is 0 Å². The summed E-state index contributed by atoms with van der Waals surface area (Å²) in [5.41, 5.74) is 3.18. The van der Waals surface area contributed by atoms with E-state index in [4.69, 9.17) is 23.8 Å². The van der Waals surface area contributed by atoms with Gasteiger partial charge in [-0.3, -0.25) is 4.98 Å². The summed E-state index contributed by atoms with van der Waals surface area (Å²) in [5.74, 6) is 0.485. The van der Waals surface area contributed by atoms with E-state index in [0.717, 1.165) is 33.8 Å². The zero-order chi connectivity index (χ0) is 19.7. The number of hydrogen-bond donors (Lipinski definition) is 1. The van der Waals surface area contributed by atoms with E-state index in [9.17, 15) is 0 Å². The standard InChI is InChI=1S/C22H23ClN4S/c1-15(2)14-27-21(20(25-22(27)28)18-9-3-4-11-24-18)19-10-6-12-26(19)17-8-5-7-16(23)13-17/h3-13,15,20-21H,14H2,1-2H3,(H,25,28)/t20-,21-/m1/s1. The zero-order valence-electron chi connectivity index (χ0n) is 15.9. The minimum atomic E-state index is -0.0136. The first-order valence-corrected chi connectivity index (χ1v) is 10.2. The maximum Gasteiger partial charge on any atom is 0.170 e. The Bertz CT molecular complexity index is 969. The third-order valence-corrected chi connectivity index (χ3v) is 5.52. The molecule has 0 unspecified atom stereocenters. The first kappa shape index (κ1) is 19.0. The summed E-state index contributed by atoms with van der Waals surface area (Å²) in [6, 6.07) is 18.2. The number of pyridine rings is 1. The molecule has 28 heavy (non-hydrogen) atoms. The maximum absolute atomic E-state index is 6.25. The van der Waals surface area contributed by atoms with E-state index in [2.05, 4.69) is 64.1 Å². The van der Waals surface area contributed by atoms with E-state index in [0.29, 0.717) is 5.92 Å². The topological polar surface area (TPSA) is 33.1 Å². The highest BCUT2D eigenvalue weighted by Crippen LogP contribution is 2.40.